The lowest BCUT2D eigenvalue weighted by Crippen LogP contribution is -2.41. The number of esters is 1. The molecule has 0 bridgehead atoms. The standard InChI is InChI=1S/C11H20O7/c1-2-3-4-5-7(12)6-18-11(17)9(14)8(13)10(15)16/h7-9,12-14H,2-6H2,1H3,(H,15,16). The van der Waals surface area contributed by atoms with E-state index in [1.807, 2.05) is 6.92 Å². The third-order valence-corrected chi connectivity index (χ3v) is 2.35. The number of carboxylic acid groups (broad SMARTS) is 1. The Hall–Kier alpha value is -1.18. The number of carboxylic acids is 1. The van der Waals surface area contributed by atoms with Gasteiger partial charge in [-0.3, -0.25) is 0 Å². The Labute approximate surface area is 105 Å². The molecule has 0 aromatic carbocycles. The summed E-state index contributed by atoms with van der Waals surface area (Å²) >= 11 is 0. The maximum atomic E-state index is 11.1. The Bertz CT molecular complexity index is 266. The molecule has 0 aliphatic rings. The van der Waals surface area contributed by atoms with Gasteiger partial charge in [-0.25, -0.2) is 9.59 Å². The van der Waals surface area contributed by atoms with Crippen molar-refractivity contribution in [2.24, 2.45) is 0 Å². The van der Waals surface area contributed by atoms with Crippen molar-refractivity contribution < 1.29 is 34.8 Å². The molecule has 4 N–H and O–H groups in total. The van der Waals surface area contributed by atoms with Gasteiger partial charge in [0.1, 0.15) is 6.61 Å². The van der Waals surface area contributed by atoms with Crippen molar-refractivity contribution in [3.05, 3.63) is 0 Å². The van der Waals surface area contributed by atoms with Crippen LogP contribution in [0.1, 0.15) is 32.6 Å². The van der Waals surface area contributed by atoms with Gasteiger partial charge in [0.2, 0.25) is 0 Å². The molecule has 0 radical (unpaired) electrons. The summed E-state index contributed by atoms with van der Waals surface area (Å²) in [6, 6.07) is 0. The smallest absolute Gasteiger partial charge is 0.338 e. The Morgan fingerprint density at radius 1 is 1.11 bits per heavy atom. The van der Waals surface area contributed by atoms with Crippen LogP contribution in [0.3, 0.4) is 0 Å². The Balaban J connectivity index is 3.91. The predicted molar refractivity (Wildman–Crippen MR) is 60.8 cm³/mol. The molecule has 0 fully saturated rings. The minimum absolute atomic E-state index is 0.327. The first-order chi connectivity index (χ1) is 8.40. The highest BCUT2D eigenvalue weighted by Gasteiger charge is 2.31. The number of aliphatic hydroxyl groups excluding tert-OH is 3. The minimum Gasteiger partial charge on any atom is -0.479 e. The molecular formula is C11H20O7. The number of aliphatic carboxylic acids is 1. The van der Waals surface area contributed by atoms with E-state index in [9.17, 15) is 14.7 Å². The summed E-state index contributed by atoms with van der Waals surface area (Å²) in [6.45, 7) is 1.68. The van der Waals surface area contributed by atoms with Gasteiger partial charge in [0.25, 0.3) is 0 Å². The second kappa shape index (κ2) is 8.84. The van der Waals surface area contributed by atoms with Gasteiger partial charge in [0, 0.05) is 0 Å². The molecule has 3 unspecified atom stereocenters. The highest BCUT2D eigenvalue weighted by molar-refractivity contribution is 5.84. The van der Waals surface area contributed by atoms with Crippen molar-refractivity contribution in [2.75, 3.05) is 6.61 Å². The third kappa shape index (κ3) is 6.53. The molecule has 0 amide bonds. The molecule has 0 saturated carbocycles. The molecule has 0 heterocycles. The zero-order valence-corrected chi connectivity index (χ0v) is 10.3. The van der Waals surface area contributed by atoms with Crippen LogP contribution in [0.2, 0.25) is 0 Å². The lowest BCUT2D eigenvalue weighted by Gasteiger charge is -2.15. The van der Waals surface area contributed by atoms with E-state index in [0.717, 1.165) is 19.3 Å². The summed E-state index contributed by atoms with van der Waals surface area (Å²) in [5, 5.41) is 35.8. The number of carbonyl (C=O) groups excluding carboxylic acids is 1. The Morgan fingerprint density at radius 3 is 2.22 bits per heavy atom. The van der Waals surface area contributed by atoms with Crippen molar-refractivity contribution in [3.63, 3.8) is 0 Å². The molecule has 7 nitrogen and oxygen atoms in total. The van der Waals surface area contributed by atoms with Crippen LogP contribution in [0.25, 0.3) is 0 Å². The fourth-order valence-corrected chi connectivity index (χ4v) is 1.24. The second-order valence-electron chi connectivity index (χ2n) is 4.01. The van der Waals surface area contributed by atoms with Gasteiger partial charge in [0.05, 0.1) is 6.10 Å². The van der Waals surface area contributed by atoms with E-state index in [4.69, 9.17) is 15.3 Å². The first-order valence-corrected chi connectivity index (χ1v) is 5.83. The topological polar surface area (TPSA) is 124 Å². The van der Waals surface area contributed by atoms with Crippen LogP contribution < -0.4 is 0 Å². The summed E-state index contributed by atoms with van der Waals surface area (Å²) in [5.74, 6) is -2.98. The van der Waals surface area contributed by atoms with Crippen LogP contribution in [0.5, 0.6) is 0 Å². The summed E-state index contributed by atoms with van der Waals surface area (Å²) < 4.78 is 4.51. The third-order valence-electron chi connectivity index (χ3n) is 2.35. The number of hydrogen-bond acceptors (Lipinski definition) is 6. The first-order valence-electron chi connectivity index (χ1n) is 5.83. The number of ether oxygens (including phenoxy) is 1. The predicted octanol–water partition coefficient (Wildman–Crippen LogP) is -0.723. The lowest BCUT2D eigenvalue weighted by molar-refractivity contribution is -0.171. The van der Waals surface area contributed by atoms with Gasteiger partial charge in [-0.05, 0) is 6.42 Å². The average molecular weight is 264 g/mol. The zero-order chi connectivity index (χ0) is 14.1. The fraction of sp³-hybridized carbons (Fsp3) is 0.818. The maximum absolute atomic E-state index is 11.1. The van der Waals surface area contributed by atoms with Gasteiger partial charge in [-0.15, -0.1) is 0 Å². The van der Waals surface area contributed by atoms with Crippen molar-refractivity contribution in [1.29, 1.82) is 0 Å². The largest absolute Gasteiger partial charge is 0.479 e. The summed E-state index contributed by atoms with van der Waals surface area (Å²) in [6.07, 6.45) is -2.04. The molecule has 0 aliphatic heterocycles. The number of hydrogen-bond donors (Lipinski definition) is 4. The summed E-state index contributed by atoms with van der Waals surface area (Å²) in [4.78, 5) is 21.4. The number of rotatable bonds is 9. The second-order valence-corrected chi connectivity index (χ2v) is 4.01. The quantitative estimate of drug-likeness (QED) is 0.320. The van der Waals surface area contributed by atoms with Crippen LogP contribution in [-0.4, -0.2) is 57.3 Å². The maximum Gasteiger partial charge on any atom is 0.338 e. The Morgan fingerprint density at radius 2 is 1.72 bits per heavy atom. The molecular weight excluding hydrogens is 244 g/mol. The molecule has 0 saturated heterocycles. The normalized spacial score (nSPS) is 15.8. The molecule has 0 aliphatic carbocycles. The van der Waals surface area contributed by atoms with E-state index >= 15 is 0 Å². The zero-order valence-electron chi connectivity index (χ0n) is 10.3. The van der Waals surface area contributed by atoms with E-state index < -0.39 is 30.3 Å². The molecule has 3 atom stereocenters. The fourth-order valence-electron chi connectivity index (χ4n) is 1.24. The SMILES string of the molecule is CCCCCC(O)COC(=O)C(O)C(O)C(=O)O. The van der Waals surface area contributed by atoms with Gasteiger partial charge < -0.3 is 25.2 Å². The molecule has 7 heteroatoms. The van der Waals surface area contributed by atoms with Crippen LogP contribution in [0.4, 0.5) is 0 Å². The highest BCUT2D eigenvalue weighted by Crippen LogP contribution is 2.05. The first kappa shape index (κ1) is 16.8. The van der Waals surface area contributed by atoms with Crippen LogP contribution >= 0.6 is 0 Å². The molecule has 106 valence electrons. The summed E-state index contributed by atoms with van der Waals surface area (Å²) in [7, 11) is 0. The highest BCUT2D eigenvalue weighted by atomic mass is 16.6. The van der Waals surface area contributed by atoms with Crippen LogP contribution in [-0.2, 0) is 14.3 Å². The number of carbonyl (C=O) groups is 2. The Kier molecular flexibility index (Phi) is 8.27. The molecule has 0 aromatic heterocycles. The van der Waals surface area contributed by atoms with E-state index in [0.29, 0.717) is 6.42 Å². The minimum atomic E-state index is -2.23. The van der Waals surface area contributed by atoms with E-state index in [-0.39, 0.29) is 6.61 Å². The van der Waals surface area contributed by atoms with E-state index in [2.05, 4.69) is 4.74 Å². The van der Waals surface area contributed by atoms with Gasteiger partial charge in [-0.1, -0.05) is 26.2 Å². The van der Waals surface area contributed by atoms with Crippen molar-refractivity contribution in [2.45, 2.75) is 50.9 Å². The van der Waals surface area contributed by atoms with Crippen molar-refractivity contribution in [1.82, 2.24) is 0 Å². The van der Waals surface area contributed by atoms with E-state index in [1.54, 1.807) is 0 Å². The number of unbranched alkanes of at least 4 members (excludes halogenated alkanes) is 2. The van der Waals surface area contributed by atoms with Gasteiger partial charge >= 0.3 is 11.9 Å². The monoisotopic (exact) mass is 264 g/mol. The lowest BCUT2D eigenvalue weighted by atomic mass is 10.1. The van der Waals surface area contributed by atoms with Crippen molar-refractivity contribution >= 4 is 11.9 Å². The molecule has 0 aromatic rings. The van der Waals surface area contributed by atoms with Gasteiger partial charge in [0.15, 0.2) is 12.2 Å². The molecule has 18 heavy (non-hydrogen) atoms. The van der Waals surface area contributed by atoms with Crippen molar-refractivity contribution in [3.8, 4) is 0 Å². The molecule has 0 rings (SSSR count). The number of aliphatic hydroxyl groups is 3. The molecule has 0 spiro atoms. The average Bonchev–Trinajstić information content (AvgIpc) is 2.34. The summed E-state index contributed by atoms with van der Waals surface area (Å²) in [5.41, 5.74) is 0. The van der Waals surface area contributed by atoms with Crippen LogP contribution in [0, 0.1) is 0 Å². The van der Waals surface area contributed by atoms with Gasteiger partial charge in [-0.2, -0.15) is 0 Å². The van der Waals surface area contributed by atoms with Crippen LogP contribution in [0.15, 0.2) is 0 Å². The van der Waals surface area contributed by atoms with E-state index in [1.165, 1.54) is 0 Å².